The van der Waals surface area contributed by atoms with Crippen molar-refractivity contribution >= 4 is 9.84 Å². The van der Waals surface area contributed by atoms with Gasteiger partial charge in [0.2, 0.25) is 0 Å². The van der Waals surface area contributed by atoms with Gasteiger partial charge in [0.15, 0.2) is 9.84 Å². The summed E-state index contributed by atoms with van der Waals surface area (Å²) < 4.78 is 28.4. The molecule has 1 aromatic carbocycles. The fourth-order valence-electron chi connectivity index (χ4n) is 1.81. The van der Waals surface area contributed by atoms with Crippen LogP contribution < -0.4 is 0 Å². The van der Waals surface area contributed by atoms with Crippen LogP contribution in [0.4, 0.5) is 0 Å². The predicted octanol–water partition coefficient (Wildman–Crippen LogP) is 1.77. The molecular weight excluding hydrogens is 224 g/mol. The van der Waals surface area contributed by atoms with E-state index in [-0.39, 0.29) is 11.2 Å². The molecule has 1 aliphatic rings. The largest absolute Gasteiger partial charge is 0.379 e. The van der Waals surface area contributed by atoms with Crippen molar-refractivity contribution in [3.8, 4) is 0 Å². The Balaban J connectivity index is 2.30. The minimum atomic E-state index is -3.08. The second-order valence-corrected chi connectivity index (χ2v) is 6.76. The van der Waals surface area contributed by atoms with Crippen molar-refractivity contribution in [3.63, 3.8) is 0 Å². The van der Waals surface area contributed by atoms with Crippen molar-refractivity contribution in [2.45, 2.75) is 24.2 Å². The highest BCUT2D eigenvalue weighted by Gasteiger charge is 2.35. The van der Waals surface area contributed by atoms with E-state index < -0.39 is 9.84 Å². The Hall–Kier alpha value is -0.870. The molecule has 0 saturated carbocycles. The lowest BCUT2D eigenvalue weighted by molar-refractivity contribution is -0.0500. The molecule has 16 heavy (non-hydrogen) atoms. The van der Waals surface area contributed by atoms with Crippen molar-refractivity contribution in [2.75, 3.05) is 19.0 Å². The summed E-state index contributed by atoms with van der Waals surface area (Å²) >= 11 is 0. The summed E-state index contributed by atoms with van der Waals surface area (Å²) in [5.74, 6) is 0.146. The smallest absolute Gasteiger partial charge is 0.178 e. The van der Waals surface area contributed by atoms with E-state index in [2.05, 4.69) is 6.92 Å². The van der Waals surface area contributed by atoms with Crippen LogP contribution in [0.2, 0.25) is 0 Å². The maximum absolute atomic E-state index is 11.6. The minimum Gasteiger partial charge on any atom is -0.379 e. The van der Waals surface area contributed by atoms with Gasteiger partial charge < -0.3 is 4.74 Å². The lowest BCUT2D eigenvalue weighted by Gasteiger charge is -2.38. The second-order valence-electron chi connectivity index (χ2n) is 4.48. The Morgan fingerprint density at radius 3 is 2.19 bits per heavy atom. The third-order valence-electron chi connectivity index (χ3n) is 3.13. The van der Waals surface area contributed by atoms with E-state index in [0.29, 0.717) is 18.1 Å². The van der Waals surface area contributed by atoms with E-state index in [1.807, 2.05) is 12.1 Å². The first kappa shape index (κ1) is 11.6. The summed E-state index contributed by atoms with van der Waals surface area (Å²) in [4.78, 5) is 0.405. The topological polar surface area (TPSA) is 43.4 Å². The molecule has 4 heteroatoms. The van der Waals surface area contributed by atoms with Gasteiger partial charge in [0.1, 0.15) is 0 Å². The highest BCUT2D eigenvalue weighted by Crippen LogP contribution is 2.32. The molecule has 0 atom stereocenters. The van der Waals surface area contributed by atoms with Crippen molar-refractivity contribution < 1.29 is 13.2 Å². The average Bonchev–Trinajstić information content (AvgIpc) is 2.26. The number of rotatable bonds is 3. The monoisotopic (exact) mass is 240 g/mol. The molecule has 1 fully saturated rings. The standard InChI is InChI=1S/C12H16O3S/c1-3-16(13,14)11-6-4-10(5-7-11)12(2)8-15-9-12/h4-7H,3,8-9H2,1-2H3. The number of ether oxygens (including phenoxy) is 1. The van der Waals surface area contributed by atoms with E-state index in [1.165, 1.54) is 0 Å². The van der Waals surface area contributed by atoms with Crippen LogP contribution >= 0.6 is 0 Å². The highest BCUT2D eigenvalue weighted by molar-refractivity contribution is 7.91. The first-order valence-electron chi connectivity index (χ1n) is 5.39. The van der Waals surface area contributed by atoms with Gasteiger partial charge in [-0.2, -0.15) is 0 Å². The molecule has 0 N–H and O–H groups in total. The Morgan fingerprint density at radius 2 is 1.81 bits per heavy atom. The summed E-state index contributed by atoms with van der Waals surface area (Å²) in [5, 5.41) is 0. The van der Waals surface area contributed by atoms with E-state index >= 15 is 0 Å². The molecule has 0 aliphatic carbocycles. The summed E-state index contributed by atoms with van der Waals surface area (Å²) in [6.45, 7) is 5.21. The molecule has 1 saturated heterocycles. The van der Waals surface area contributed by atoms with Crippen LogP contribution in [0.15, 0.2) is 29.2 Å². The normalized spacial score (nSPS) is 19.1. The Labute approximate surface area is 96.4 Å². The zero-order valence-corrected chi connectivity index (χ0v) is 10.4. The van der Waals surface area contributed by atoms with Crippen LogP contribution in [0.3, 0.4) is 0 Å². The lowest BCUT2D eigenvalue weighted by atomic mass is 9.81. The quantitative estimate of drug-likeness (QED) is 0.808. The fourth-order valence-corrected chi connectivity index (χ4v) is 2.69. The van der Waals surface area contributed by atoms with E-state index in [9.17, 15) is 8.42 Å². The minimum absolute atomic E-state index is 0.0640. The molecule has 88 valence electrons. The van der Waals surface area contributed by atoms with Crippen LogP contribution in [-0.4, -0.2) is 27.4 Å². The molecule has 0 spiro atoms. The average molecular weight is 240 g/mol. The molecule has 0 amide bonds. The van der Waals surface area contributed by atoms with Gasteiger partial charge in [0.05, 0.1) is 23.9 Å². The van der Waals surface area contributed by atoms with Gasteiger partial charge in [-0.1, -0.05) is 26.0 Å². The van der Waals surface area contributed by atoms with Gasteiger partial charge in [0, 0.05) is 5.41 Å². The predicted molar refractivity (Wildman–Crippen MR) is 62.3 cm³/mol. The summed E-state index contributed by atoms with van der Waals surface area (Å²) in [7, 11) is -3.08. The van der Waals surface area contributed by atoms with Crippen molar-refractivity contribution in [1.82, 2.24) is 0 Å². The van der Waals surface area contributed by atoms with Crippen molar-refractivity contribution in [1.29, 1.82) is 0 Å². The third kappa shape index (κ3) is 1.87. The number of benzene rings is 1. The van der Waals surface area contributed by atoms with Crippen LogP contribution in [0, 0.1) is 0 Å². The molecular formula is C12H16O3S. The molecule has 3 nitrogen and oxygen atoms in total. The molecule has 1 aromatic rings. The first-order chi connectivity index (χ1) is 7.48. The summed E-state index contributed by atoms with van der Waals surface area (Å²) in [6.07, 6.45) is 0. The van der Waals surface area contributed by atoms with E-state index in [1.54, 1.807) is 19.1 Å². The number of sulfone groups is 1. The molecule has 1 heterocycles. The SMILES string of the molecule is CCS(=O)(=O)c1ccc(C2(C)COC2)cc1. The zero-order valence-electron chi connectivity index (χ0n) is 9.56. The van der Waals surface area contributed by atoms with Crippen LogP contribution in [0.5, 0.6) is 0 Å². The summed E-state index contributed by atoms with van der Waals surface area (Å²) in [6, 6.07) is 7.17. The molecule has 0 aromatic heterocycles. The molecule has 0 bridgehead atoms. The lowest BCUT2D eigenvalue weighted by Crippen LogP contribution is -2.43. The first-order valence-corrected chi connectivity index (χ1v) is 7.04. The third-order valence-corrected chi connectivity index (χ3v) is 4.88. The molecule has 1 aliphatic heterocycles. The van der Waals surface area contributed by atoms with Crippen LogP contribution in [0.1, 0.15) is 19.4 Å². The van der Waals surface area contributed by atoms with Gasteiger partial charge in [0.25, 0.3) is 0 Å². The Kier molecular flexibility index (Phi) is 2.80. The molecule has 2 rings (SSSR count). The molecule has 0 unspecified atom stereocenters. The zero-order chi connectivity index (χ0) is 11.8. The van der Waals surface area contributed by atoms with Gasteiger partial charge in [-0.25, -0.2) is 8.42 Å². The van der Waals surface area contributed by atoms with Gasteiger partial charge >= 0.3 is 0 Å². The van der Waals surface area contributed by atoms with Crippen LogP contribution in [0.25, 0.3) is 0 Å². The van der Waals surface area contributed by atoms with Gasteiger partial charge in [-0.05, 0) is 17.7 Å². The maximum Gasteiger partial charge on any atom is 0.178 e. The number of hydrogen-bond donors (Lipinski definition) is 0. The Bertz CT molecular complexity index is 469. The Morgan fingerprint density at radius 1 is 1.25 bits per heavy atom. The second kappa shape index (κ2) is 3.86. The van der Waals surface area contributed by atoms with E-state index in [0.717, 1.165) is 5.56 Å². The summed E-state index contributed by atoms with van der Waals surface area (Å²) in [5.41, 5.74) is 1.21. The van der Waals surface area contributed by atoms with Crippen molar-refractivity contribution in [2.24, 2.45) is 0 Å². The van der Waals surface area contributed by atoms with E-state index in [4.69, 9.17) is 4.74 Å². The number of hydrogen-bond acceptors (Lipinski definition) is 3. The maximum atomic E-state index is 11.6. The molecule has 0 radical (unpaired) electrons. The van der Waals surface area contributed by atoms with Crippen molar-refractivity contribution in [3.05, 3.63) is 29.8 Å². The van der Waals surface area contributed by atoms with Gasteiger partial charge in [-0.15, -0.1) is 0 Å². The fraction of sp³-hybridized carbons (Fsp3) is 0.500. The van der Waals surface area contributed by atoms with Gasteiger partial charge in [-0.3, -0.25) is 0 Å². The highest BCUT2D eigenvalue weighted by atomic mass is 32.2. The van der Waals surface area contributed by atoms with Crippen LogP contribution in [-0.2, 0) is 20.0 Å².